The van der Waals surface area contributed by atoms with Gasteiger partial charge in [-0.05, 0) is 37.6 Å². The van der Waals surface area contributed by atoms with Gasteiger partial charge in [-0.1, -0.05) is 29.8 Å². The molecule has 0 bridgehead atoms. The van der Waals surface area contributed by atoms with Crippen LogP contribution >= 0.6 is 0 Å². The van der Waals surface area contributed by atoms with Gasteiger partial charge in [0.1, 0.15) is 17.1 Å². The molecule has 0 heterocycles. The molecule has 0 spiro atoms. The molecule has 2 aromatic carbocycles. The average Bonchev–Trinajstić information content (AvgIpc) is 2.46. The molecule has 2 aromatic rings. The van der Waals surface area contributed by atoms with E-state index in [1.807, 2.05) is 26.0 Å². The number of aryl methyl sites for hydroxylation is 2. The zero-order chi connectivity index (χ0) is 16.1. The molecule has 5 heteroatoms. The standard InChI is InChI=1S/C17H16O5/c1-11-7-8-14(12(2)9-11)21-10-16(18)22-15-6-4-3-5-13(15)17(19)20/h3-9H,10H2,1-2H3,(H,19,20). The van der Waals surface area contributed by atoms with Crippen LogP contribution < -0.4 is 9.47 Å². The Morgan fingerprint density at radius 2 is 1.77 bits per heavy atom. The highest BCUT2D eigenvalue weighted by atomic mass is 16.6. The van der Waals surface area contributed by atoms with Gasteiger partial charge in [0.05, 0.1) is 0 Å². The molecule has 0 saturated heterocycles. The maximum atomic E-state index is 11.8. The molecular formula is C17H16O5. The summed E-state index contributed by atoms with van der Waals surface area (Å²) in [7, 11) is 0. The summed E-state index contributed by atoms with van der Waals surface area (Å²) in [5.41, 5.74) is 1.95. The van der Waals surface area contributed by atoms with Crippen LogP contribution in [0, 0.1) is 13.8 Å². The number of rotatable bonds is 5. The minimum absolute atomic E-state index is 0.00391. The minimum Gasteiger partial charge on any atom is -0.482 e. The molecule has 0 aliphatic carbocycles. The maximum absolute atomic E-state index is 11.8. The van der Waals surface area contributed by atoms with Crippen molar-refractivity contribution in [3.8, 4) is 11.5 Å². The van der Waals surface area contributed by atoms with Crippen LogP contribution in [0.3, 0.4) is 0 Å². The highest BCUT2D eigenvalue weighted by Gasteiger charge is 2.14. The first-order chi connectivity index (χ1) is 10.5. The molecule has 2 rings (SSSR count). The predicted molar refractivity (Wildman–Crippen MR) is 80.4 cm³/mol. The van der Waals surface area contributed by atoms with Gasteiger partial charge in [0.15, 0.2) is 6.61 Å². The Hall–Kier alpha value is -2.82. The number of esters is 1. The van der Waals surface area contributed by atoms with Crippen molar-refractivity contribution >= 4 is 11.9 Å². The van der Waals surface area contributed by atoms with Crippen LogP contribution in [0.15, 0.2) is 42.5 Å². The van der Waals surface area contributed by atoms with Gasteiger partial charge in [0, 0.05) is 0 Å². The summed E-state index contributed by atoms with van der Waals surface area (Å²) in [6, 6.07) is 11.6. The lowest BCUT2D eigenvalue weighted by Gasteiger charge is -2.10. The first-order valence-corrected chi connectivity index (χ1v) is 6.70. The SMILES string of the molecule is Cc1ccc(OCC(=O)Oc2ccccc2C(=O)O)c(C)c1. The Balaban J connectivity index is 2.00. The van der Waals surface area contributed by atoms with Crippen molar-refractivity contribution < 1.29 is 24.2 Å². The van der Waals surface area contributed by atoms with Crippen LogP contribution in [0.2, 0.25) is 0 Å². The van der Waals surface area contributed by atoms with Gasteiger partial charge >= 0.3 is 11.9 Å². The zero-order valence-electron chi connectivity index (χ0n) is 12.3. The number of hydrogen-bond donors (Lipinski definition) is 1. The van der Waals surface area contributed by atoms with E-state index in [1.165, 1.54) is 12.1 Å². The molecule has 0 aliphatic rings. The lowest BCUT2D eigenvalue weighted by Crippen LogP contribution is -2.19. The normalized spacial score (nSPS) is 10.1. The molecule has 114 valence electrons. The van der Waals surface area contributed by atoms with Gasteiger partial charge in [-0.15, -0.1) is 0 Å². The monoisotopic (exact) mass is 300 g/mol. The summed E-state index contributed by atoms with van der Waals surface area (Å²) in [5.74, 6) is -1.22. The summed E-state index contributed by atoms with van der Waals surface area (Å²) in [4.78, 5) is 22.8. The van der Waals surface area contributed by atoms with Crippen LogP contribution in [-0.4, -0.2) is 23.7 Å². The quantitative estimate of drug-likeness (QED) is 0.679. The molecule has 0 fully saturated rings. The fourth-order valence-corrected chi connectivity index (χ4v) is 1.98. The highest BCUT2D eigenvalue weighted by molar-refractivity contribution is 5.92. The van der Waals surface area contributed by atoms with E-state index < -0.39 is 11.9 Å². The van der Waals surface area contributed by atoms with Gasteiger partial charge in [-0.3, -0.25) is 0 Å². The van der Waals surface area contributed by atoms with Gasteiger partial charge in [0.2, 0.25) is 0 Å². The van der Waals surface area contributed by atoms with Gasteiger partial charge in [-0.25, -0.2) is 9.59 Å². The highest BCUT2D eigenvalue weighted by Crippen LogP contribution is 2.20. The number of carbonyl (C=O) groups is 2. The maximum Gasteiger partial charge on any atom is 0.349 e. The molecule has 1 N–H and O–H groups in total. The predicted octanol–water partition coefficient (Wildman–Crippen LogP) is 2.99. The van der Waals surface area contributed by atoms with Crippen molar-refractivity contribution in [3.05, 3.63) is 59.2 Å². The summed E-state index contributed by atoms with van der Waals surface area (Å²) in [5, 5.41) is 9.03. The van der Waals surface area contributed by atoms with E-state index in [4.69, 9.17) is 14.6 Å². The summed E-state index contributed by atoms with van der Waals surface area (Å²) in [6.07, 6.45) is 0. The Labute approximate surface area is 128 Å². The molecule has 22 heavy (non-hydrogen) atoms. The Morgan fingerprint density at radius 3 is 2.45 bits per heavy atom. The number of ether oxygens (including phenoxy) is 2. The van der Waals surface area contributed by atoms with E-state index >= 15 is 0 Å². The zero-order valence-corrected chi connectivity index (χ0v) is 12.3. The Kier molecular flexibility index (Phi) is 4.78. The lowest BCUT2D eigenvalue weighted by molar-refractivity contribution is -0.136. The van der Waals surface area contributed by atoms with E-state index in [1.54, 1.807) is 18.2 Å². The topological polar surface area (TPSA) is 72.8 Å². The van der Waals surface area contributed by atoms with E-state index in [9.17, 15) is 9.59 Å². The summed E-state index contributed by atoms with van der Waals surface area (Å²) >= 11 is 0. The van der Waals surface area contributed by atoms with Crippen molar-refractivity contribution in [1.82, 2.24) is 0 Å². The second-order valence-corrected chi connectivity index (χ2v) is 4.83. The van der Waals surface area contributed by atoms with Crippen LogP contribution in [0.25, 0.3) is 0 Å². The molecule has 0 amide bonds. The van der Waals surface area contributed by atoms with Crippen molar-refractivity contribution in [3.63, 3.8) is 0 Å². The number of para-hydroxylation sites is 1. The van der Waals surface area contributed by atoms with Crippen LogP contribution in [0.5, 0.6) is 11.5 Å². The van der Waals surface area contributed by atoms with Crippen molar-refractivity contribution in [1.29, 1.82) is 0 Å². The third-order valence-electron chi connectivity index (χ3n) is 3.02. The van der Waals surface area contributed by atoms with Crippen molar-refractivity contribution in [2.75, 3.05) is 6.61 Å². The fraction of sp³-hybridized carbons (Fsp3) is 0.176. The number of carboxylic acids is 1. The molecule has 0 unspecified atom stereocenters. The first kappa shape index (κ1) is 15.6. The lowest BCUT2D eigenvalue weighted by atomic mass is 10.1. The van der Waals surface area contributed by atoms with Gasteiger partial charge in [0.25, 0.3) is 0 Å². The third-order valence-corrected chi connectivity index (χ3v) is 3.02. The smallest absolute Gasteiger partial charge is 0.349 e. The van der Waals surface area contributed by atoms with Crippen molar-refractivity contribution in [2.45, 2.75) is 13.8 Å². The van der Waals surface area contributed by atoms with Gasteiger partial charge in [-0.2, -0.15) is 0 Å². The van der Waals surface area contributed by atoms with Crippen molar-refractivity contribution in [2.24, 2.45) is 0 Å². The van der Waals surface area contributed by atoms with E-state index in [0.717, 1.165) is 11.1 Å². The Bertz CT molecular complexity index is 706. The molecule has 0 aliphatic heterocycles. The first-order valence-electron chi connectivity index (χ1n) is 6.70. The van der Waals surface area contributed by atoms with E-state index in [2.05, 4.69) is 0 Å². The largest absolute Gasteiger partial charge is 0.482 e. The third kappa shape index (κ3) is 3.85. The molecule has 0 aromatic heterocycles. The number of benzene rings is 2. The molecule has 5 nitrogen and oxygen atoms in total. The number of carbonyl (C=O) groups excluding carboxylic acids is 1. The van der Waals surface area contributed by atoms with Crippen LogP contribution in [0.4, 0.5) is 0 Å². The Morgan fingerprint density at radius 1 is 1.05 bits per heavy atom. The summed E-state index contributed by atoms with van der Waals surface area (Å²) in [6.45, 7) is 3.55. The number of hydrogen-bond acceptors (Lipinski definition) is 4. The number of aromatic carboxylic acids is 1. The minimum atomic E-state index is -1.15. The second-order valence-electron chi connectivity index (χ2n) is 4.83. The molecule has 0 atom stereocenters. The van der Waals surface area contributed by atoms with E-state index in [-0.39, 0.29) is 17.9 Å². The van der Waals surface area contributed by atoms with Crippen LogP contribution in [-0.2, 0) is 4.79 Å². The molecule has 0 saturated carbocycles. The molecular weight excluding hydrogens is 284 g/mol. The van der Waals surface area contributed by atoms with Crippen LogP contribution in [0.1, 0.15) is 21.5 Å². The fourth-order valence-electron chi connectivity index (χ4n) is 1.98. The summed E-state index contributed by atoms with van der Waals surface area (Å²) < 4.78 is 10.5. The van der Waals surface area contributed by atoms with E-state index in [0.29, 0.717) is 5.75 Å². The van der Waals surface area contributed by atoms with Gasteiger partial charge < -0.3 is 14.6 Å². The molecule has 0 radical (unpaired) electrons. The number of carboxylic acid groups (broad SMARTS) is 1. The second kappa shape index (κ2) is 6.76. The average molecular weight is 300 g/mol.